The van der Waals surface area contributed by atoms with Gasteiger partial charge in [0, 0.05) is 18.5 Å². The molecule has 3 N–H and O–H groups in total. The van der Waals surface area contributed by atoms with Crippen LogP contribution in [0.5, 0.6) is 11.5 Å². The molecule has 1 atom stereocenters. The Bertz CT molecular complexity index is 481. The number of carbonyl (C=O) groups is 1. The second kappa shape index (κ2) is 6.72. The highest BCUT2D eigenvalue weighted by Crippen LogP contribution is 2.40. The number of ether oxygens (including phenoxy) is 2. The van der Waals surface area contributed by atoms with Crippen LogP contribution in [0.4, 0.5) is 4.39 Å². The van der Waals surface area contributed by atoms with Gasteiger partial charge in [-0.1, -0.05) is 0 Å². The van der Waals surface area contributed by atoms with Crippen molar-refractivity contribution in [1.29, 1.82) is 0 Å². The van der Waals surface area contributed by atoms with Gasteiger partial charge in [-0.25, -0.2) is 4.39 Å². The van der Waals surface area contributed by atoms with E-state index >= 15 is 0 Å². The number of rotatable bonds is 6. The zero-order chi connectivity index (χ0) is 14.6. The van der Waals surface area contributed by atoms with Gasteiger partial charge in [0.1, 0.15) is 5.82 Å². The van der Waals surface area contributed by atoms with Crippen molar-refractivity contribution in [2.24, 2.45) is 5.73 Å². The van der Waals surface area contributed by atoms with E-state index in [9.17, 15) is 9.18 Å². The average molecular weight is 336 g/mol. The summed E-state index contributed by atoms with van der Waals surface area (Å²) in [5.74, 6) is -1.05. The lowest BCUT2D eigenvalue weighted by Crippen LogP contribution is -2.16. The normalized spacial score (nSPS) is 12.1. The molecule has 19 heavy (non-hydrogen) atoms. The molecule has 0 aromatic heterocycles. The largest absolute Gasteiger partial charge is 0.493 e. The number of methoxy groups -OCH3 is 2. The molecule has 0 saturated carbocycles. The number of nitrogens with two attached hydrogens (primary N) is 1. The summed E-state index contributed by atoms with van der Waals surface area (Å²) in [7, 11) is 2.80. The molecule has 0 amide bonds. The van der Waals surface area contributed by atoms with Gasteiger partial charge in [-0.3, -0.25) is 4.79 Å². The van der Waals surface area contributed by atoms with E-state index in [-0.39, 0.29) is 28.6 Å². The molecule has 106 valence electrons. The molecule has 0 bridgehead atoms. The topological polar surface area (TPSA) is 81.8 Å². The molecule has 1 aromatic rings. The summed E-state index contributed by atoms with van der Waals surface area (Å²) in [5, 5.41) is 8.65. The van der Waals surface area contributed by atoms with Crippen molar-refractivity contribution in [1.82, 2.24) is 0 Å². The van der Waals surface area contributed by atoms with Crippen LogP contribution in [-0.2, 0) is 4.79 Å². The van der Waals surface area contributed by atoms with E-state index in [4.69, 9.17) is 20.3 Å². The first-order valence-electron chi connectivity index (χ1n) is 5.49. The molecule has 1 unspecified atom stereocenters. The van der Waals surface area contributed by atoms with E-state index in [0.29, 0.717) is 5.75 Å². The number of halogens is 2. The van der Waals surface area contributed by atoms with Gasteiger partial charge in [0.05, 0.1) is 24.3 Å². The van der Waals surface area contributed by atoms with Gasteiger partial charge in [0.2, 0.25) is 0 Å². The lowest BCUT2D eigenvalue weighted by atomic mass is 10.0. The fourth-order valence-corrected chi connectivity index (χ4v) is 2.14. The molecular formula is C12H15BrFNO4. The van der Waals surface area contributed by atoms with Crippen LogP contribution in [0, 0.1) is 5.82 Å². The SMILES string of the molecule is COc1cc(Br)c(F)c(C(N)CCC(=O)O)c1OC. The van der Waals surface area contributed by atoms with Crippen molar-refractivity contribution >= 4 is 21.9 Å². The van der Waals surface area contributed by atoms with E-state index < -0.39 is 17.8 Å². The Hall–Kier alpha value is -1.34. The number of hydrogen-bond acceptors (Lipinski definition) is 4. The summed E-state index contributed by atoms with van der Waals surface area (Å²) in [6, 6.07) is 0.638. The molecule has 0 heterocycles. The Morgan fingerprint density at radius 1 is 1.53 bits per heavy atom. The van der Waals surface area contributed by atoms with Crippen molar-refractivity contribution in [2.75, 3.05) is 14.2 Å². The van der Waals surface area contributed by atoms with Gasteiger partial charge in [-0.05, 0) is 22.4 Å². The Labute approximate surface area is 118 Å². The Kier molecular flexibility index (Phi) is 5.56. The zero-order valence-electron chi connectivity index (χ0n) is 10.6. The summed E-state index contributed by atoms with van der Waals surface area (Å²) < 4.78 is 24.5. The smallest absolute Gasteiger partial charge is 0.303 e. The third-order valence-electron chi connectivity index (χ3n) is 2.64. The molecule has 0 fully saturated rings. The first-order valence-corrected chi connectivity index (χ1v) is 6.28. The van der Waals surface area contributed by atoms with Crippen LogP contribution in [-0.4, -0.2) is 25.3 Å². The lowest BCUT2D eigenvalue weighted by molar-refractivity contribution is -0.137. The molecular weight excluding hydrogens is 321 g/mol. The monoisotopic (exact) mass is 335 g/mol. The van der Waals surface area contributed by atoms with Gasteiger partial charge in [-0.15, -0.1) is 0 Å². The molecule has 0 aliphatic rings. The Morgan fingerprint density at radius 3 is 2.63 bits per heavy atom. The third-order valence-corrected chi connectivity index (χ3v) is 3.21. The molecule has 0 aliphatic heterocycles. The van der Waals surface area contributed by atoms with Crippen molar-refractivity contribution in [3.8, 4) is 11.5 Å². The van der Waals surface area contributed by atoms with Crippen LogP contribution in [0.1, 0.15) is 24.4 Å². The number of hydrogen-bond donors (Lipinski definition) is 2. The standard InChI is InChI=1S/C12H15BrFNO4/c1-18-8-5-6(13)11(14)10(12(8)19-2)7(15)3-4-9(16)17/h5,7H,3-4,15H2,1-2H3,(H,16,17). The van der Waals surface area contributed by atoms with Gasteiger partial charge < -0.3 is 20.3 Å². The lowest BCUT2D eigenvalue weighted by Gasteiger charge is -2.19. The first-order chi connectivity index (χ1) is 8.92. The molecule has 0 spiro atoms. The first kappa shape index (κ1) is 15.7. The highest BCUT2D eigenvalue weighted by molar-refractivity contribution is 9.10. The van der Waals surface area contributed by atoms with Crippen LogP contribution in [0.15, 0.2) is 10.5 Å². The van der Waals surface area contributed by atoms with Gasteiger partial charge in [0.25, 0.3) is 0 Å². The molecule has 0 aliphatic carbocycles. The highest BCUT2D eigenvalue weighted by Gasteiger charge is 2.24. The maximum absolute atomic E-state index is 14.1. The third kappa shape index (κ3) is 3.57. The van der Waals surface area contributed by atoms with Crippen LogP contribution >= 0.6 is 15.9 Å². The average Bonchev–Trinajstić information content (AvgIpc) is 2.38. The van der Waals surface area contributed by atoms with E-state index in [1.807, 2.05) is 0 Å². The minimum Gasteiger partial charge on any atom is -0.493 e. The second-order valence-corrected chi connectivity index (χ2v) is 4.71. The molecule has 7 heteroatoms. The summed E-state index contributed by atoms with van der Waals surface area (Å²) in [5.41, 5.74) is 5.96. The number of aliphatic carboxylic acids is 1. The molecule has 1 aromatic carbocycles. The minimum absolute atomic E-state index is 0.0994. The fourth-order valence-electron chi connectivity index (χ4n) is 1.72. The van der Waals surface area contributed by atoms with Crippen LogP contribution in [0.25, 0.3) is 0 Å². The van der Waals surface area contributed by atoms with Gasteiger partial charge >= 0.3 is 5.97 Å². The minimum atomic E-state index is -0.989. The van der Waals surface area contributed by atoms with Crippen LogP contribution in [0.2, 0.25) is 0 Å². The molecule has 5 nitrogen and oxygen atoms in total. The maximum Gasteiger partial charge on any atom is 0.303 e. The summed E-state index contributed by atoms with van der Waals surface area (Å²) in [6.45, 7) is 0. The van der Waals surface area contributed by atoms with Gasteiger partial charge in [0.15, 0.2) is 11.5 Å². The quantitative estimate of drug-likeness (QED) is 0.834. The summed E-state index contributed by atoms with van der Waals surface area (Å²) >= 11 is 3.07. The van der Waals surface area contributed by atoms with Crippen LogP contribution in [0.3, 0.4) is 0 Å². The van der Waals surface area contributed by atoms with Crippen molar-refractivity contribution in [3.05, 3.63) is 21.9 Å². The molecule has 1 rings (SSSR count). The summed E-state index contributed by atoms with van der Waals surface area (Å²) in [4.78, 5) is 10.6. The van der Waals surface area contributed by atoms with E-state index in [1.165, 1.54) is 20.3 Å². The summed E-state index contributed by atoms with van der Waals surface area (Å²) in [6.07, 6.45) is -0.0548. The van der Waals surface area contributed by atoms with E-state index in [2.05, 4.69) is 15.9 Å². The van der Waals surface area contributed by atoms with Crippen molar-refractivity contribution in [2.45, 2.75) is 18.9 Å². The number of carboxylic acids is 1. The van der Waals surface area contributed by atoms with E-state index in [1.54, 1.807) is 0 Å². The zero-order valence-corrected chi connectivity index (χ0v) is 12.2. The van der Waals surface area contributed by atoms with Gasteiger partial charge in [-0.2, -0.15) is 0 Å². The fraction of sp³-hybridized carbons (Fsp3) is 0.417. The number of carboxylic acid groups (broad SMARTS) is 1. The molecule has 0 saturated heterocycles. The Morgan fingerprint density at radius 2 is 2.16 bits per heavy atom. The highest BCUT2D eigenvalue weighted by atomic mass is 79.9. The molecule has 0 radical (unpaired) electrons. The second-order valence-electron chi connectivity index (χ2n) is 3.86. The Balaban J connectivity index is 3.22. The maximum atomic E-state index is 14.1. The van der Waals surface area contributed by atoms with Crippen molar-refractivity contribution in [3.63, 3.8) is 0 Å². The van der Waals surface area contributed by atoms with Crippen LogP contribution < -0.4 is 15.2 Å². The van der Waals surface area contributed by atoms with E-state index in [0.717, 1.165) is 0 Å². The predicted octanol–water partition coefficient (Wildman–Crippen LogP) is 2.47. The number of benzene rings is 1. The predicted molar refractivity (Wildman–Crippen MR) is 71.0 cm³/mol. The van der Waals surface area contributed by atoms with Crippen molar-refractivity contribution < 1.29 is 23.8 Å².